The highest BCUT2D eigenvalue weighted by Crippen LogP contribution is 2.16. The molecule has 0 radical (unpaired) electrons. The third kappa shape index (κ3) is 12.5. The van der Waals surface area contributed by atoms with E-state index in [-0.39, 0.29) is 24.2 Å². The molecule has 5 amide bonds. The number of nitrogens with one attached hydrogen (secondary N) is 3. The van der Waals surface area contributed by atoms with Crippen molar-refractivity contribution < 1.29 is 33.8 Å². The Morgan fingerprint density at radius 1 is 0.727 bits per heavy atom. The zero-order valence-corrected chi connectivity index (χ0v) is 26.9. The van der Waals surface area contributed by atoms with Gasteiger partial charge in [-0.2, -0.15) is 0 Å². The topological polar surface area (TPSA) is 153 Å². The Bertz CT molecular complexity index is 1120. The predicted molar refractivity (Wildman–Crippen MR) is 165 cm³/mol. The number of hydrogen-bond donors (Lipinski definition) is 4. The summed E-state index contributed by atoms with van der Waals surface area (Å²) in [5, 5.41) is 17.4. The van der Waals surface area contributed by atoms with E-state index in [1.165, 1.54) is 10.5 Å². The van der Waals surface area contributed by atoms with Gasteiger partial charge in [-0.15, -0.1) is 0 Å². The number of ether oxygens (including phenoxy) is 2. The third-order valence-corrected chi connectivity index (χ3v) is 7.22. The van der Waals surface area contributed by atoms with Crippen molar-refractivity contribution in [1.82, 2.24) is 30.7 Å². The van der Waals surface area contributed by atoms with Gasteiger partial charge >= 0.3 is 24.3 Å². The first kappa shape index (κ1) is 34.7. The van der Waals surface area contributed by atoms with Crippen LogP contribution in [0.1, 0.15) is 66.4 Å². The molecule has 0 bridgehead atoms. The summed E-state index contributed by atoms with van der Waals surface area (Å²) in [7, 11) is 0. The normalized spacial score (nSPS) is 22.1. The summed E-state index contributed by atoms with van der Waals surface area (Å²) in [4.78, 5) is 51.9. The number of alkyl carbamates (subject to hydrolysis) is 2. The van der Waals surface area contributed by atoms with Crippen molar-refractivity contribution in [2.24, 2.45) is 0 Å². The van der Waals surface area contributed by atoms with Gasteiger partial charge in [-0.25, -0.2) is 19.2 Å². The summed E-state index contributed by atoms with van der Waals surface area (Å²) in [6.07, 6.45) is 0.472. The number of hydrogen-bond acceptors (Lipinski definition) is 7. The lowest BCUT2D eigenvalue weighted by atomic mass is 10.2. The van der Waals surface area contributed by atoms with E-state index in [2.05, 4.69) is 45.1 Å². The van der Waals surface area contributed by atoms with E-state index in [0.717, 1.165) is 32.5 Å². The van der Waals surface area contributed by atoms with Gasteiger partial charge in [0, 0.05) is 51.9 Å². The molecule has 4 N–H and O–H groups in total. The molecule has 44 heavy (non-hydrogen) atoms. The molecule has 3 atom stereocenters. The fraction of sp³-hybridized carbons (Fsp3) is 0.677. The van der Waals surface area contributed by atoms with Crippen LogP contribution in [0.25, 0.3) is 0 Å². The number of urea groups is 1. The minimum absolute atomic E-state index is 0.0416. The van der Waals surface area contributed by atoms with Crippen LogP contribution in [-0.2, 0) is 16.0 Å². The summed E-state index contributed by atoms with van der Waals surface area (Å²) in [6, 6.07) is 10.3. The minimum Gasteiger partial charge on any atom is -0.465 e. The van der Waals surface area contributed by atoms with Crippen LogP contribution in [0.5, 0.6) is 0 Å². The Morgan fingerprint density at radius 3 is 1.70 bits per heavy atom. The number of benzene rings is 1. The van der Waals surface area contributed by atoms with Crippen molar-refractivity contribution in [3.8, 4) is 0 Å². The standard InChI is InChI=1S/C21H32N4O3.C10H18N2O4/c1-21(2,3)28-20(27)23-18-10-12-25(15-18)19(26)22-17-9-11-24(14-17)13-16-7-5-4-6-8-16;1-10(2,3)16-8(13)11-7-4-5-12(6-7)9(14)15/h4-8,17-18H,9-15H2,1-3H3,(H,22,26)(H,23,27);7H,4-6H2,1-3H3,(H,11,13)(H,14,15)/t17-,18-;7-/m11/s1. The average Bonchev–Trinajstić information content (AvgIpc) is 3.65. The van der Waals surface area contributed by atoms with Crippen LogP contribution >= 0.6 is 0 Å². The van der Waals surface area contributed by atoms with E-state index in [9.17, 15) is 19.2 Å². The highest BCUT2D eigenvalue weighted by molar-refractivity contribution is 5.75. The number of rotatable bonds is 5. The van der Waals surface area contributed by atoms with Gasteiger partial charge in [-0.3, -0.25) is 4.90 Å². The number of carbonyl (C=O) groups is 4. The number of amides is 5. The molecule has 3 aliphatic rings. The molecule has 4 rings (SSSR count). The molecule has 3 aliphatic heterocycles. The SMILES string of the molecule is CC(C)(C)OC(=O)N[C@@H]1CCN(C(=O)N[C@@H]2CCN(Cc3ccccc3)C2)C1.CC(C)(C)OC(=O)N[C@@H]1CCN(C(=O)O)C1. The second-order valence-electron chi connectivity index (χ2n) is 13.6. The summed E-state index contributed by atoms with van der Waals surface area (Å²) in [5.41, 5.74) is 0.244. The second-order valence-corrected chi connectivity index (χ2v) is 13.6. The molecule has 13 heteroatoms. The van der Waals surface area contributed by atoms with Crippen LogP contribution in [0, 0.1) is 0 Å². The molecular weight excluding hydrogens is 568 g/mol. The second kappa shape index (κ2) is 15.3. The first-order chi connectivity index (χ1) is 20.6. The number of likely N-dealkylation sites (tertiary alicyclic amines) is 3. The number of carboxylic acid groups (broad SMARTS) is 1. The van der Waals surface area contributed by atoms with Gasteiger partial charge in [-0.05, 0) is 66.4 Å². The Hall–Kier alpha value is -3.74. The average molecular weight is 619 g/mol. The van der Waals surface area contributed by atoms with Gasteiger partial charge in [0.1, 0.15) is 11.2 Å². The third-order valence-electron chi connectivity index (χ3n) is 7.22. The molecule has 1 aromatic carbocycles. The summed E-state index contributed by atoms with van der Waals surface area (Å²) in [5.74, 6) is 0. The first-order valence-electron chi connectivity index (χ1n) is 15.3. The Morgan fingerprint density at radius 2 is 1.20 bits per heavy atom. The number of nitrogens with zero attached hydrogens (tertiary/aromatic N) is 3. The Balaban J connectivity index is 0.000000281. The van der Waals surface area contributed by atoms with Gasteiger partial charge in [0.15, 0.2) is 0 Å². The Kier molecular flexibility index (Phi) is 12.1. The Labute approximate surface area is 260 Å². The molecule has 3 saturated heterocycles. The van der Waals surface area contributed by atoms with Crippen LogP contribution < -0.4 is 16.0 Å². The molecule has 0 saturated carbocycles. The molecule has 0 aliphatic carbocycles. The molecular formula is C31H50N6O7. The van der Waals surface area contributed by atoms with E-state index in [0.29, 0.717) is 32.6 Å². The van der Waals surface area contributed by atoms with Gasteiger partial charge < -0.3 is 40.3 Å². The van der Waals surface area contributed by atoms with Crippen molar-refractivity contribution in [2.75, 3.05) is 39.3 Å². The predicted octanol–water partition coefficient (Wildman–Crippen LogP) is 3.83. The number of carbonyl (C=O) groups excluding carboxylic acids is 3. The van der Waals surface area contributed by atoms with Crippen LogP contribution in [0.4, 0.5) is 19.2 Å². The van der Waals surface area contributed by atoms with Crippen molar-refractivity contribution in [3.05, 3.63) is 35.9 Å². The lowest BCUT2D eigenvalue weighted by Crippen LogP contribution is -2.46. The zero-order valence-electron chi connectivity index (χ0n) is 26.9. The van der Waals surface area contributed by atoms with Gasteiger partial charge in [0.2, 0.25) is 0 Å². The van der Waals surface area contributed by atoms with Crippen molar-refractivity contribution in [3.63, 3.8) is 0 Å². The highest BCUT2D eigenvalue weighted by Gasteiger charge is 2.32. The fourth-order valence-corrected chi connectivity index (χ4v) is 5.26. The first-order valence-corrected chi connectivity index (χ1v) is 15.3. The van der Waals surface area contributed by atoms with Crippen LogP contribution in [0.3, 0.4) is 0 Å². The zero-order chi connectivity index (χ0) is 32.5. The lowest BCUT2D eigenvalue weighted by Gasteiger charge is -2.23. The smallest absolute Gasteiger partial charge is 0.407 e. The van der Waals surface area contributed by atoms with Gasteiger partial charge in [0.05, 0.1) is 12.1 Å². The van der Waals surface area contributed by atoms with Crippen LogP contribution in [-0.4, -0.2) is 113 Å². The van der Waals surface area contributed by atoms with Gasteiger partial charge in [0.25, 0.3) is 0 Å². The van der Waals surface area contributed by atoms with Crippen LogP contribution in [0.15, 0.2) is 30.3 Å². The van der Waals surface area contributed by atoms with Crippen molar-refractivity contribution in [1.29, 1.82) is 0 Å². The van der Waals surface area contributed by atoms with E-state index < -0.39 is 29.5 Å². The van der Waals surface area contributed by atoms with Gasteiger partial charge in [-0.1, -0.05) is 30.3 Å². The molecule has 0 unspecified atom stereocenters. The molecule has 0 aromatic heterocycles. The lowest BCUT2D eigenvalue weighted by molar-refractivity contribution is 0.0494. The minimum atomic E-state index is -0.950. The molecule has 3 fully saturated rings. The largest absolute Gasteiger partial charge is 0.465 e. The maximum Gasteiger partial charge on any atom is 0.407 e. The molecule has 3 heterocycles. The van der Waals surface area contributed by atoms with E-state index in [1.54, 1.807) is 25.7 Å². The monoisotopic (exact) mass is 618 g/mol. The van der Waals surface area contributed by atoms with E-state index >= 15 is 0 Å². The maximum atomic E-state index is 12.6. The summed E-state index contributed by atoms with van der Waals surface area (Å²) in [6.45, 7) is 15.6. The maximum absolute atomic E-state index is 12.6. The summed E-state index contributed by atoms with van der Waals surface area (Å²) >= 11 is 0. The van der Waals surface area contributed by atoms with E-state index in [1.807, 2.05) is 26.8 Å². The molecule has 246 valence electrons. The molecule has 0 spiro atoms. The van der Waals surface area contributed by atoms with Crippen LogP contribution in [0.2, 0.25) is 0 Å². The van der Waals surface area contributed by atoms with Crippen molar-refractivity contribution in [2.45, 2.75) is 96.7 Å². The van der Waals surface area contributed by atoms with E-state index in [4.69, 9.17) is 14.6 Å². The molecule has 1 aromatic rings. The van der Waals surface area contributed by atoms with Crippen molar-refractivity contribution >= 4 is 24.3 Å². The summed E-state index contributed by atoms with van der Waals surface area (Å²) < 4.78 is 10.4. The quantitative estimate of drug-likeness (QED) is 0.389. The fourth-order valence-electron chi connectivity index (χ4n) is 5.26. The molecule has 13 nitrogen and oxygen atoms in total. The highest BCUT2D eigenvalue weighted by atomic mass is 16.6.